The van der Waals surface area contributed by atoms with Crippen molar-refractivity contribution in [2.24, 2.45) is 0 Å². The molecule has 45 heavy (non-hydrogen) atoms. The Morgan fingerprint density at radius 3 is 2.38 bits per heavy atom. The first kappa shape index (κ1) is 35.0. The second kappa shape index (κ2) is 17.2. The molecule has 6 nitrogen and oxygen atoms in total. The summed E-state index contributed by atoms with van der Waals surface area (Å²) >= 11 is 0. The van der Waals surface area contributed by atoms with Crippen molar-refractivity contribution in [2.75, 3.05) is 32.7 Å². The molecule has 246 valence electrons. The van der Waals surface area contributed by atoms with E-state index in [2.05, 4.69) is 41.8 Å². The summed E-state index contributed by atoms with van der Waals surface area (Å²) in [6, 6.07) is 15.3. The first-order chi connectivity index (χ1) is 21.8. The second-order valence-corrected chi connectivity index (χ2v) is 13.7. The molecule has 2 heterocycles. The van der Waals surface area contributed by atoms with E-state index in [0.29, 0.717) is 18.9 Å². The zero-order chi connectivity index (χ0) is 32.2. The van der Waals surface area contributed by atoms with E-state index in [1.165, 1.54) is 68.1 Å². The van der Waals surface area contributed by atoms with Crippen molar-refractivity contribution >= 4 is 17.7 Å². The topological polar surface area (TPSA) is 80.5 Å². The predicted molar refractivity (Wildman–Crippen MR) is 188 cm³/mol. The maximum Gasteiger partial charge on any atom is 0.180 e. The van der Waals surface area contributed by atoms with E-state index >= 15 is 0 Å². The van der Waals surface area contributed by atoms with Crippen LogP contribution in [0.4, 0.5) is 0 Å². The molecule has 0 bridgehead atoms. The molecule has 0 aromatic heterocycles. The van der Waals surface area contributed by atoms with E-state index in [4.69, 9.17) is 15.6 Å². The van der Waals surface area contributed by atoms with Gasteiger partial charge in [-0.2, -0.15) is 0 Å². The fourth-order valence-electron chi connectivity index (χ4n) is 7.56. The number of piperidine rings is 2. The lowest BCUT2D eigenvalue weighted by Crippen LogP contribution is -2.47. The number of Topliss-reactive ketones (excluding diaryl/α,β-unsaturated/α-hetero) is 1. The number of hydrogen-bond donors (Lipinski definition) is 2. The van der Waals surface area contributed by atoms with Crippen LogP contribution < -0.4 is 4.74 Å². The second-order valence-electron chi connectivity index (χ2n) is 13.7. The van der Waals surface area contributed by atoms with Gasteiger partial charge in [0, 0.05) is 24.3 Å². The van der Waals surface area contributed by atoms with Gasteiger partial charge < -0.3 is 25.4 Å². The minimum Gasteiger partial charge on any atom is -0.491 e. The number of ketones is 1. The molecule has 2 saturated heterocycles. The predicted octanol–water partition coefficient (Wildman–Crippen LogP) is 7.83. The standard InChI is InChI=1S/C39H58N4O2/c1-5-32-14-15-34(28-33(32)6-2)39(18-11-20-40,19-25-42-23-16-35(17-24-42)43-21-8-7-9-22-43)29-37(41)38(44)27-31-12-10-13-36(26-31)45-30(3)4/h10,12-15,20,26,28,30,35,40-41H,5-9,11,16-19,21-25,27,29H2,1-4H3/t39-/m0/s1. The van der Waals surface area contributed by atoms with Crippen LogP contribution in [0.25, 0.3) is 0 Å². The van der Waals surface area contributed by atoms with Gasteiger partial charge in [-0.3, -0.25) is 4.79 Å². The summed E-state index contributed by atoms with van der Waals surface area (Å²) in [4.78, 5) is 19.0. The minimum atomic E-state index is -0.368. The molecule has 2 aliphatic rings. The quantitative estimate of drug-likeness (QED) is 0.178. The molecule has 0 aliphatic carbocycles. The number of aryl methyl sites for hydroxylation is 2. The summed E-state index contributed by atoms with van der Waals surface area (Å²) < 4.78 is 5.86. The smallest absolute Gasteiger partial charge is 0.180 e. The Morgan fingerprint density at radius 2 is 1.71 bits per heavy atom. The van der Waals surface area contributed by atoms with Gasteiger partial charge in [0.1, 0.15) is 5.75 Å². The average molecular weight is 615 g/mol. The summed E-state index contributed by atoms with van der Waals surface area (Å²) in [6.45, 7) is 14.1. The van der Waals surface area contributed by atoms with Gasteiger partial charge in [-0.1, -0.05) is 50.6 Å². The van der Waals surface area contributed by atoms with Crippen molar-refractivity contribution in [3.8, 4) is 5.75 Å². The van der Waals surface area contributed by atoms with Gasteiger partial charge >= 0.3 is 0 Å². The summed E-state index contributed by atoms with van der Waals surface area (Å²) in [5, 5.41) is 17.1. The fraction of sp³-hybridized carbons (Fsp3) is 0.615. The van der Waals surface area contributed by atoms with Crippen molar-refractivity contribution < 1.29 is 9.53 Å². The van der Waals surface area contributed by atoms with Gasteiger partial charge in [-0.05, 0) is 145 Å². The summed E-state index contributed by atoms with van der Waals surface area (Å²) in [7, 11) is 0. The van der Waals surface area contributed by atoms with Crippen LogP contribution in [0.2, 0.25) is 0 Å². The van der Waals surface area contributed by atoms with Crippen LogP contribution in [0.3, 0.4) is 0 Å². The molecule has 2 aliphatic heterocycles. The number of nitrogens with one attached hydrogen (secondary N) is 2. The van der Waals surface area contributed by atoms with E-state index in [-0.39, 0.29) is 29.4 Å². The Hall–Kier alpha value is -2.83. The molecule has 0 spiro atoms. The zero-order valence-corrected chi connectivity index (χ0v) is 28.5. The summed E-state index contributed by atoms with van der Waals surface area (Å²) in [5.41, 5.74) is 4.66. The van der Waals surface area contributed by atoms with E-state index in [0.717, 1.165) is 56.6 Å². The molecule has 0 unspecified atom stereocenters. The summed E-state index contributed by atoms with van der Waals surface area (Å²) in [6.07, 6.45) is 12.9. The number of nitrogens with zero attached hydrogens (tertiary/aromatic N) is 2. The molecule has 2 aromatic carbocycles. The molecule has 4 rings (SSSR count). The van der Waals surface area contributed by atoms with Crippen LogP contribution in [0.5, 0.6) is 5.75 Å². The van der Waals surface area contributed by atoms with Crippen LogP contribution in [0.15, 0.2) is 42.5 Å². The lowest BCUT2D eigenvalue weighted by molar-refractivity contribution is -0.112. The number of ether oxygens (including phenoxy) is 1. The van der Waals surface area contributed by atoms with Gasteiger partial charge in [0.15, 0.2) is 5.78 Å². The highest BCUT2D eigenvalue weighted by molar-refractivity contribution is 6.39. The number of benzene rings is 2. The van der Waals surface area contributed by atoms with Crippen LogP contribution in [0.1, 0.15) is 108 Å². The van der Waals surface area contributed by atoms with Crippen molar-refractivity contribution in [3.05, 3.63) is 64.7 Å². The van der Waals surface area contributed by atoms with E-state index in [9.17, 15) is 4.79 Å². The van der Waals surface area contributed by atoms with Crippen LogP contribution in [-0.4, -0.2) is 72.4 Å². The first-order valence-corrected chi connectivity index (χ1v) is 17.7. The molecule has 2 aromatic rings. The van der Waals surface area contributed by atoms with Gasteiger partial charge in [0.25, 0.3) is 0 Å². The molecule has 1 atom stereocenters. The fourth-order valence-corrected chi connectivity index (χ4v) is 7.56. The maximum absolute atomic E-state index is 13.6. The van der Waals surface area contributed by atoms with Gasteiger partial charge in [0.2, 0.25) is 0 Å². The Kier molecular flexibility index (Phi) is 13.4. The molecular weight excluding hydrogens is 556 g/mol. The minimum absolute atomic E-state index is 0.0615. The number of carbonyl (C=O) groups excluding carboxylic acids is 1. The Balaban J connectivity index is 1.54. The molecule has 0 amide bonds. The van der Waals surface area contributed by atoms with Gasteiger partial charge in [-0.15, -0.1) is 0 Å². The molecule has 0 saturated carbocycles. The number of carbonyl (C=O) groups is 1. The lowest BCUT2D eigenvalue weighted by Gasteiger charge is -2.42. The monoisotopic (exact) mass is 614 g/mol. The summed E-state index contributed by atoms with van der Waals surface area (Å²) in [5.74, 6) is 0.633. The van der Waals surface area contributed by atoms with Crippen molar-refractivity contribution in [1.82, 2.24) is 9.80 Å². The van der Waals surface area contributed by atoms with Crippen LogP contribution in [0, 0.1) is 10.8 Å². The van der Waals surface area contributed by atoms with Crippen molar-refractivity contribution in [3.63, 3.8) is 0 Å². The molecule has 2 N–H and O–H groups in total. The number of rotatable bonds is 17. The van der Waals surface area contributed by atoms with E-state index in [1.54, 1.807) is 0 Å². The molecule has 0 radical (unpaired) electrons. The average Bonchev–Trinajstić information content (AvgIpc) is 3.06. The molecule has 2 fully saturated rings. The van der Waals surface area contributed by atoms with Gasteiger partial charge in [-0.25, -0.2) is 0 Å². The highest BCUT2D eigenvalue weighted by Gasteiger charge is 2.36. The Labute approximate surface area is 272 Å². The third kappa shape index (κ3) is 9.83. The Bertz CT molecular complexity index is 1260. The van der Waals surface area contributed by atoms with Crippen molar-refractivity contribution in [2.45, 2.75) is 122 Å². The first-order valence-electron chi connectivity index (χ1n) is 17.7. The number of hydrogen-bond acceptors (Lipinski definition) is 6. The maximum atomic E-state index is 13.6. The van der Waals surface area contributed by atoms with Crippen molar-refractivity contribution in [1.29, 1.82) is 10.8 Å². The van der Waals surface area contributed by atoms with E-state index in [1.807, 2.05) is 38.1 Å². The zero-order valence-electron chi connectivity index (χ0n) is 28.5. The lowest BCUT2D eigenvalue weighted by atomic mass is 9.69. The Morgan fingerprint density at radius 1 is 0.978 bits per heavy atom. The third-order valence-corrected chi connectivity index (χ3v) is 10.2. The van der Waals surface area contributed by atoms with Gasteiger partial charge in [0.05, 0.1) is 11.8 Å². The van der Waals surface area contributed by atoms with Crippen LogP contribution in [-0.2, 0) is 29.5 Å². The normalized spacial score (nSPS) is 18.1. The largest absolute Gasteiger partial charge is 0.491 e. The third-order valence-electron chi connectivity index (χ3n) is 10.2. The molecular formula is C39H58N4O2. The molecule has 6 heteroatoms. The highest BCUT2D eigenvalue weighted by Crippen LogP contribution is 2.39. The number of likely N-dealkylation sites (tertiary alicyclic amines) is 2. The SMILES string of the molecule is CCc1ccc([C@@](CCC=N)(CCN2CCC(N3CCCCC3)CC2)CC(=N)C(=O)Cc2cccc(OC(C)C)c2)cc1CC. The highest BCUT2D eigenvalue weighted by atomic mass is 16.5. The van der Waals surface area contributed by atoms with E-state index < -0.39 is 0 Å². The van der Waals surface area contributed by atoms with Crippen LogP contribution >= 0.6 is 0 Å².